The molecule has 6 rings (SSSR count). The van der Waals surface area contributed by atoms with Crippen molar-refractivity contribution >= 4 is 0 Å². The lowest BCUT2D eigenvalue weighted by Gasteiger charge is -2.41. The summed E-state index contributed by atoms with van der Waals surface area (Å²) in [5, 5.41) is 7.56. The molecule has 1 aliphatic carbocycles. The van der Waals surface area contributed by atoms with Crippen LogP contribution in [0.3, 0.4) is 0 Å². The number of nitrogens with zero attached hydrogens (tertiary/aromatic N) is 2. The molecule has 1 saturated carbocycles. The Balaban J connectivity index is 1.01. The zero-order chi connectivity index (χ0) is 21.3. The first-order valence-corrected chi connectivity index (χ1v) is 13.0. The van der Waals surface area contributed by atoms with Gasteiger partial charge >= 0.3 is 0 Å². The fourth-order valence-electron chi connectivity index (χ4n) is 6.89. The average Bonchev–Trinajstić information content (AvgIpc) is 3.60. The molecule has 9 nitrogen and oxygen atoms in total. The van der Waals surface area contributed by atoms with E-state index in [1.165, 1.54) is 32.2 Å². The summed E-state index contributed by atoms with van der Waals surface area (Å²) in [6.45, 7) is 7.69. The maximum Gasteiger partial charge on any atom is 0.147 e. The van der Waals surface area contributed by atoms with E-state index in [2.05, 4.69) is 25.9 Å². The number of nitrogens with one attached hydrogen (secondary N) is 3. The van der Waals surface area contributed by atoms with Gasteiger partial charge in [0.25, 0.3) is 0 Å². The van der Waals surface area contributed by atoms with Crippen molar-refractivity contribution in [2.45, 2.75) is 81.8 Å². The molecular weight excluding hydrogens is 410 g/mol. The van der Waals surface area contributed by atoms with Crippen molar-refractivity contribution < 1.29 is 19.0 Å². The molecule has 7 unspecified atom stereocenters. The molecule has 5 heterocycles. The van der Waals surface area contributed by atoms with E-state index in [-0.39, 0.29) is 12.4 Å². The summed E-state index contributed by atoms with van der Waals surface area (Å²) in [6, 6.07) is 0.461. The van der Waals surface area contributed by atoms with E-state index >= 15 is 0 Å². The third-order valence-corrected chi connectivity index (χ3v) is 8.71. The number of fused-ring (bicyclic) bond motifs is 1. The molecule has 6 aliphatic rings. The lowest BCUT2D eigenvalue weighted by Crippen LogP contribution is -2.57. The van der Waals surface area contributed by atoms with Crippen LogP contribution >= 0.6 is 0 Å². The molecule has 0 spiro atoms. The summed E-state index contributed by atoms with van der Waals surface area (Å²) in [7, 11) is 0. The smallest absolute Gasteiger partial charge is 0.147 e. The van der Waals surface area contributed by atoms with Crippen molar-refractivity contribution in [1.29, 1.82) is 0 Å². The molecule has 182 valence electrons. The molecule has 0 aromatic carbocycles. The van der Waals surface area contributed by atoms with E-state index < -0.39 is 0 Å². The summed E-state index contributed by atoms with van der Waals surface area (Å²) < 4.78 is 17.1. The Labute approximate surface area is 191 Å². The minimum Gasteiger partial charge on any atom is -0.379 e. The quantitative estimate of drug-likeness (QED) is 0.551. The topological polar surface area (TPSA) is 79.5 Å². The van der Waals surface area contributed by atoms with E-state index in [1.54, 1.807) is 0 Å². The number of rotatable bonds is 5. The van der Waals surface area contributed by atoms with Gasteiger partial charge in [0, 0.05) is 19.6 Å². The molecule has 0 bridgehead atoms. The van der Waals surface area contributed by atoms with Crippen molar-refractivity contribution in [2.24, 2.45) is 11.8 Å². The Morgan fingerprint density at radius 1 is 0.906 bits per heavy atom. The van der Waals surface area contributed by atoms with Crippen LogP contribution in [0, 0.1) is 11.8 Å². The fourth-order valence-corrected chi connectivity index (χ4v) is 6.89. The summed E-state index contributed by atoms with van der Waals surface area (Å²) in [5.41, 5.74) is 3.39. The highest BCUT2D eigenvalue weighted by Gasteiger charge is 2.43. The Morgan fingerprint density at radius 3 is 2.75 bits per heavy atom. The van der Waals surface area contributed by atoms with Crippen LogP contribution in [0.5, 0.6) is 0 Å². The predicted molar refractivity (Wildman–Crippen MR) is 118 cm³/mol. The first kappa shape index (κ1) is 22.1. The van der Waals surface area contributed by atoms with Crippen molar-refractivity contribution in [3.63, 3.8) is 0 Å². The number of piperidine rings is 1. The van der Waals surface area contributed by atoms with E-state index in [0.29, 0.717) is 43.0 Å². The first-order chi connectivity index (χ1) is 15.8. The van der Waals surface area contributed by atoms with E-state index in [9.17, 15) is 0 Å². The molecule has 5 aliphatic heterocycles. The summed E-state index contributed by atoms with van der Waals surface area (Å²) in [5.74, 6) is 1.29. The number of morpholine rings is 1. The standard InChI is InChI=1S/C23H41N5O4/c1-2-18(28(7-1)14-16-3-4-19-20(12-16)31-15-30-19)23-25-22(26-32-23)17-5-6-24-21(13-17)27-8-10-29-11-9-27/h16-26H,1-15H2/t16?,17?,18-,19?,20?,21?,22?,23?/m0/s1. The molecule has 6 fully saturated rings. The minimum absolute atomic E-state index is 0.0848. The van der Waals surface area contributed by atoms with Crippen molar-refractivity contribution in [2.75, 3.05) is 52.7 Å². The van der Waals surface area contributed by atoms with Gasteiger partial charge in [-0.05, 0) is 69.9 Å². The van der Waals surface area contributed by atoms with Crippen molar-refractivity contribution in [1.82, 2.24) is 25.9 Å². The predicted octanol–water partition coefficient (Wildman–Crippen LogP) is 0.427. The number of likely N-dealkylation sites (tertiary alicyclic amines) is 1. The molecule has 3 N–H and O–H groups in total. The van der Waals surface area contributed by atoms with Crippen molar-refractivity contribution in [3.05, 3.63) is 0 Å². The highest BCUT2D eigenvalue weighted by atomic mass is 16.7. The lowest BCUT2D eigenvalue weighted by molar-refractivity contribution is -0.0327. The Kier molecular flexibility index (Phi) is 6.98. The number of hydroxylamine groups is 1. The molecular formula is C23H41N5O4. The van der Waals surface area contributed by atoms with Gasteiger partial charge in [0.15, 0.2) is 0 Å². The molecule has 0 aromatic rings. The first-order valence-electron chi connectivity index (χ1n) is 13.0. The van der Waals surface area contributed by atoms with Crippen LogP contribution in [0.1, 0.15) is 44.9 Å². The molecule has 9 heteroatoms. The number of hydrogen-bond acceptors (Lipinski definition) is 9. The fraction of sp³-hybridized carbons (Fsp3) is 1.00. The van der Waals surface area contributed by atoms with Gasteiger partial charge in [0.05, 0.1) is 43.8 Å². The number of ether oxygens (including phenoxy) is 3. The zero-order valence-corrected chi connectivity index (χ0v) is 19.3. The van der Waals surface area contributed by atoms with Crippen LogP contribution in [-0.4, -0.2) is 99.3 Å². The minimum atomic E-state index is 0.0848. The normalized spacial score (nSPS) is 46.5. The van der Waals surface area contributed by atoms with Gasteiger partial charge in [-0.2, -0.15) is 5.48 Å². The second-order valence-corrected chi connectivity index (χ2v) is 10.6. The second kappa shape index (κ2) is 10.1. The zero-order valence-electron chi connectivity index (χ0n) is 19.3. The van der Waals surface area contributed by atoms with Gasteiger partial charge in [-0.1, -0.05) is 0 Å². The monoisotopic (exact) mass is 451 g/mol. The maximum atomic E-state index is 6.17. The summed E-state index contributed by atoms with van der Waals surface area (Å²) in [6.07, 6.45) is 9.82. The number of hydrogen-bond donors (Lipinski definition) is 3. The largest absolute Gasteiger partial charge is 0.379 e. The Bertz CT molecular complexity index is 623. The van der Waals surface area contributed by atoms with Crippen LogP contribution in [0.4, 0.5) is 0 Å². The molecule has 0 radical (unpaired) electrons. The van der Waals surface area contributed by atoms with Gasteiger partial charge in [0.1, 0.15) is 13.0 Å². The second-order valence-electron chi connectivity index (χ2n) is 10.6. The molecule has 8 atom stereocenters. The van der Waals surface area contributed by atoms with E-state index in [4.69, 9.17) is 19.0 Å². The van der Waals surface area contributed by atoms with Gasteiger partial charge in [-0.25, -0.2) is 0 Å². The van der Waals surface area contributed by atoms with Crippen LogP contribution in [0.15, 0.2) is 0 Å². The summed E-state index contributed by atoms with van der Waals surface area (Å²) in [4.78, 5) is 11.4. The van der Waals surface area contributed by atoms with Gasteiger partial charge in [0.2, 0.25) is 0 Å². The van der Waals surface area contributed by atoms with Crippen LogP contribution < -0.4 is 16.1 Å². The van der Waals surface area contributed by atoms with E-state index in [1.807, 2.05) is 0 Å². The van der Waals surface area contributed by atoms with E-state index in [0.717, 1.165) is 58.7 Å². The third kappa shape index (κ3) is 4.74. The van der Waals surface area contributed by atoms with Crippen LogP contribution in [0.25, 0.3) is 0 Å². The van der Waals surface area contributed by atoms with Gasteiger partial charge in [-0.3, -0.25) is 20.0 Å². The van der Waals surface area contributed by atoms with Crippen molar-refractivity contribution in [3.8, 4) is 0 Å². The summed E-state index contributed by atoms with van der Waals surface area (Å²) >= 11 is 0. The highest BCUT2D eigenvalue weighted by Crippen LogP contribution is 2.35. The SMILES string of the molecule is C1C[C@@H](C2NC(C3CCNC(N4CCOCC4)C3)NO2)N(CC2CCC3OCOC3C2)C1. The molecule has 0 amide bonds. The van der Waals surface area contributed by atoms with Crippen LogP contribution in [-0.2, 0) is 19.0 Å². The average molecular weight is 452 g/mol. The maximum absolute atomic E-state index is 6.17. The lowest BCUT2D eigenvalue weighted by atomic mass is 9.85. The third-order valence-electron chi connectivity index (χ3n) is 8.71. The molecule has 0 aromatic heterocycles. The molecule has 5 saturated heterocycles. The highest BCUT2D eigenvalue weighted by molar-refractivity contribution is 4.94. The van der Waals surface area contributed by atoms with Crippen LogP contribution in [0.2, 0.25) is 0 Å². The Morgan fingerprint density at radius 2 is 1.81 bits per heavy atom. The van der Waals surface area contributed by atoms with Gasteiger partial charge in [-0.15, -0.1) is 0 Å². The molecule has 32 heavy (non-hydrogen) atoms. The Hall–Kier alpha value is -0.360. The van der Waals surface area contributed by atoms with Gasteiger partial charge < -0.3 is 19.5 Å².